The quantitative estimate of drug-likeness (QED) is 0.795. The van der Waals surface area contributed by atoms with Crippen LogP contribution in [0.2, 0.25) is 0 Å². The van der Waals surface area contributed by atoms with Crippen molar-refractivity contribution in [1.82, 2.24) is 5.32 Å². The van der Waals surface area contributed by atoms with Crippen molar-refractivity contribution in [3.63, 3.8) is 0 Å². The first-order valence-corrected chi connectivity index (χ1v) is 8.68. The fraction of sp³-hybridized carbons (Fsp3) is 0.647. The Balaban J connectivity index is 1.92. The van der Waals surface area contributed by atoms with Crippen molar-refractivity contribution in [2.24, 2.45) is 5.92 Å². The Bertz CT molecular complexity index is 413. The van der Waals surface area contributed by atoms with E-state index in [2.05, 4.69) is 53.3 Å². The Morgan fingerprint density at radius 1 is 1.20 bits per heavy atom. The lowest BCUT2D eigenvalue weighted by molar-refractivity contribution is 0.130. The summed E-state index contributed by atoms with van der Waals surface area (Å²) in [6.45, 7) is 6.30. The van der Waals surface area contributed by atoms with Crippen LogP contribution in [0.4, 0.5) is 0 Å². The predicted molar refractivity (Wildman–Crippen MR) is 88.2 cm³/mol. The highest BCUT2D eigenvalue weighted by Crippen LogP contribution is 2.30. The van der Waals surface area contributed by atoms with Gasteiger partial charge in [-0.25, -0.2) is 0 Å². The van der Waals surface area contributed by atoms with Gasteiger partial charge >= 0.3 is 0 Å². The Hall–Kier alpha value is -0.540. The molecule has 0 atom stereocenters. The molecule has 1 aromatic carbocycles. The largest absolute Gasteiger partial charge is 0.490 e. The summed E-state index contributed by atoms with van der Waals surface area (Å²) >= 11 is 3.61. The summed E-state index contributed by atoms with van der Waals surface area (Å²) in [6, 6.07) is 6.34. The van der Waals surface area contributed by atoms with E-state index in [1.54, 1.807) is 0 Å². The van der Waals surface area contributed by atoms with Crippen LogP contribution in [0.5, 0.6) is 5.75 Å². The molecule has 1 aromatic rings. The highest BCUT2D eigenvalue weighted by molar-refractivity contribution is 9.10. The lowest BCUT2D eigenvalue weighted by atomic mass is 9.86. The number of hydrogen-bond acceptors (Lipinski definition) is 2. The van der Waals surface area contributed by atoms with E-state index in [1.165, 1.54) is 37.7 Å². The molecule has 0 radical (unpaired) electrons. The van der Waals surface area contributed by atoms with Gasteiger partial charge in [0.05, 0.1) is 6.10 Å². The minimum Gasteiger partial charge on any atom is -0.490 e. The number of halogens is 1. The SMILES string of the molecule is CCNCc1cc(OC2CCC(CC)CC2)ccc1Br. The van der Waals surface area contributed by atoms with Crippen LogP contribution in [-0.2, 0) is 6.54 Å². The number of benzene rings is 1. The van der Waals surface area contributed by atoms with Gasteiger partial charge in [0.15, 0.2) is 0 Å². The van der Waals surface area contributed by atoms with Crippen LogP contribution < -0.4 is 10.1 Å². The molecule has 0 bridgehead atoms. The molecule has 2 nitrogen and oxygen atoms in total. The van der Waals surface area contributed by atoms with Crippen molar-refractivity contribution < 1.29 is 4.74 Å². The molecular weight excluding hydrogens is 314 g/mol. The average molecular weight is 340 g/mol. The van der Waals surface area contributed by atoms with Crippen molar-refractivity contribution in [2.75, 3.05) is 6.54 Å². The summed E-state index contributed by atoms with van der Waals surface area (Å²) in [4.78, 5) is 0. The maximum absolute atomic E-state index is 6.18. The second-order valence-corrected chi connectivity index (χ2v) is 6.56. The first-order valence-electron chi connectivity index (χ1n) is 7.88. The molecule has 1 aliphatic rings. The van der Waals surface area contributed by atoms with E-state index in [0.29, 0.717) is 6.10 Å². The van der Waals surface area contributed by atoms with E-state index in [0.717, 1.165) is 29.2 Å². The molecule has 20 heavy (non-hydrogen) atoms. The van der Waals surface area contributed by atoms with Crippen LogP contribution in [0, 0.1) is 5.92 Å². The molecule has 0 amide bonds. The van der Waals surface area contributed by atoms with Crippen LogP contribution in [0.25, 0.3) is 0 Å². The Kier molecular flexibility index (Phi) is 6.37. The molecule has 2 rings (SSSR count). The van der Waals surface area contributed by atoms with Gasteiger partial charge in [0, 0.05) is 11.0 Å². The standard InChI is InChI=1S/C17H26BrNO/c1-3-13-5-7-15(8-6-13)20-16-9-10-17(18)14(11-16)12-19-4-2/h9-11,13,15,19H,3-8,12H2,1-2H3. The predicted octanol–water partition coefficient (Wildman–Crippen LogP) is 4.91. The zero-order valence-corrected chi connectivity index (χ0v) is 14.2. The van der Waals surface area contributed by atoms with Gasteiger partial charge in [0.2, 0.25) is 0 Å². The summed E-state index contributed by atoms with van der Waals surface area (Å²) in [5.41, 5.74) is 1.27. The average Bonchev–Trinajstić information content (AvgIpc) is 2.48. The fourth-order valence-electron chi connectivity index (χ4n) is 2.87. The Morgan fingerprint density at radius 2 is 1.95 bits per heavy atom. The smallest absolute Gasteiger partial charge is 0.120 e. The van der Waals surface area contributed by atoms with E-state index in [4.69, 9.17) is 4.74 Å². The van der Waals surface area contributed by atoms with E-state index in [-0.39, 0.29) is 0 Å². The van der Waals surface area contributed by atoms with Crippen LogP contribution >= 0.6 is 15.9 Å². The number of hydrogen-bond donors (Lipinski definition) is 1. The molecule has 1 fully saturated rings. The molecule has 0 spiro atoms. The summed E-state index contributed by atoms with van der Waals surface area (Å²) in [7, 11) is 0. The molecule has 0 unspecified atom stereocenters. The van der Waals surface area contributed by atoms with E-state index in [9.17, 15) is 0 Å². The van der Waals surface area contributed by atoms with E-state index < -0.39 is 0 Å². The number of nitrogens with one attached hydrogen (secondary N) is 1. The molecule has 3 heteroatoms. The molecule has 1 N–H and O–H groups in total. The first-order chi connectivity index (χ1) is 9.72. The van der Waals surface area contributed by atoms with Gasteiger partial charge in [-0.05, 0) is 61.9 Å². The van der Waals surface area contributed by atoms with Crippen LogP contribution in [-0.4, -0.2) is 12.6 Å². The second-order valence-electron chi connectivity index (χ2n) is 5.70. The van der Waals surface area contributed by atoms with Crippen molar-refractivity contribution in [3.05, 3.63) is 28.2 Å². The third-order valence-corrected chi connectivity index (χ3v) is 5.03. The number of ether oxygens (including phenoxy) is 1. The van der Waals surface area contributed by atoms with Crippen molar-refractivity contribution >= 4 is 15.9 Å². The number of rotatable bonds is 6. The second kappa shape index (κ2) is 8.04. The van der Waals surface area contributed by atoms with Gasteiger partial charge in [-0.15, -0.1) is 0 Å². The topological polar surface area (TPSA) is 21.3 Å². The third-order valence-electron chi connectivity index (χ3n) is 4.26. The van der Waals surface area contributed by atoms with Gasteiger partial charge in [0.25, 0.3) is 0 Å². The molecule has 0 aliphatic heterocycles. The van der Waals surface area contributed by atoms with E-state index in [1.807, 2.05) is 0 Å². The minimum absolute atomic E-state index is 0.408. The van der Waals surface area contributed by atoms with Gasteiger partial charge < -0.3 is 10.1 Å². The molecule has 0 saturated heterocycles. The van der Waals surface area contributed by atoms with Crippen LogP contribution in [0.3, 0.4) is 0 Å². The summed E-state index contributed by atoms with van der Waals surface area (Å²) < 4.78 is 7.33. The van der Waals surface area contributed by atoms with Crippen LogP contribution in [0.1, 0.15) is 51.5 Å². The summed E-state index contributed by atoms with van der Waals surface area (Å²) in [5.74, 6) is 1.94. The van der Waals surface area contributed by atoms with Crippen molar-refractivity contribution in [1.29, 1.82) is 0 Å². The van der Waals surface area contributed by atoms with Crippen molar-refractivity contribution in [2.45, 2.75) is 58.6 Å². The highest BCUT2D eigenvalue weighted by atomic mass is 79.9. The van der Waals surface area contributed by atoms with E-state index >= 15 is 0 Å². The third kappa shape index (κ3) is 4.49. The zero-order valence-electron chi connectivity index (χ0n) is 12.6. The Labute approximate surface area is 131 Å². The maximum atomic E-state index is 6.18. The fourth-order valence-corrected chi connectivity index (χ4v) is 3.26. The van der Waals surface area contributed by atoms with Gasteiger partial charge in [0.1, 0.15) is 5.75 Å². The molecule has 1 saturated carbocycles. The molecule has 112 valence electrons. The monoisotopic (exact) mass is 339 g/mol. The summed E-state index contributed by atoms with van der Waals surface area (Å²) in [5, 5.41) is 3.36. The van der Waals surface area contributed by atoms with Gasteiger partial charge in [-0.3, -0.25) is 0 Å². The lowest BCUT2D eigenvalue weighted by Gasteiger charge is -2.28. The van der Waals surface area contributed by atoms with Crippen LogP contribution in [0.15, 0.2) is 22.7 Å². The zero-order chi connectivity index (χ0) is 14.4. The first kappa shape index (κ1) is 15.8. The van der Waals surface area contributed by atoms with Gasteiger partial charge in [-0.1, -0.05) is 36.2 Å². The highest BCUT2D eigenvalue weighted by Gasteiger charge is 2.21. The molecule has 0 aromatic heterocycles. The van der Waals surface area contributed by atoms with Crippen molar-refractivity contribution in [3.8, 4) is 5.75 Å². The molecule has 1 aliphatic carbocycles. The Morgan fingerprint density at radius 3 is 2.60 bits per heavy atom. The molecular formula is C17H26BrNO. The maximum Gasteiger partial charge on any atom is 0.120 e. The molecule has 0 heterocycles. The van der Waals surface area contributed by atoms with Gasteiger partial charge in [-0.2, -0.15) is 0 Å². The lowest BCUT2D eigenvalue weighted by Crippen LogP contribution is -2.24. The minimum atomic E-state index is 0.408. The normalized spacial score (nSPS) is 22.8. The summed E-state index contributed by atoms with van der Waals surface area (Å²) in [6.07, 6.45) is 6.78.